The summed E-state index contributed by atoms with van der Waals surface area (Å²) in [5.41, 5.74) is 0.440. The highest BCUT2D eigenvalue weighted by molar-refractivity contribution is 9.10. The molecule has 0 amide bonds. The van der Waals surface area contributed by atoms with Crippen LogP contribution in [-0.2, 0) is 10.0 Å². The van der Waals surface area contributed by atoms with Crippen molar-refractivity contribution in [3.05, 3.63) is 27.7 Å². The number of benzene rings is 1. The Balaban J connectivity index is 3.26. The van der Waals surface area contributed by atoms with Crippen molar-refractivity contribution < 1.29 is 18.3 Å². The Morgan fingerprint density at radius 1 is 1.53 bits per heavy atom. The number of aryl methyl sites for hydroxylation is 1. The summed E-state index contributed by atoms with van der Waals surface area (Å²) in [6, 6.07) is 2.50. The highest BCUT2D eigenvalue weighted by Gasteiger charge is 2.21. The van der Waals surface area contributed by atoms with Crippen molar-refractivity contribution in [2.24, 2.45) is 0 Å². The lowest BCUT2D eigenvalue weighted by Gasteiger charge is -2.10. The number of rotatable bonds is 5. The third-order valence-electron chi connectivity index (χ3n) is 2.32. The summed E-state index contributed by atoms with van der Waals surface area (Å²) < 4.78 is 26.8. The van der Waals surface area contributed by atoms with Crippen LogP contribution in [0, 0.1) is 19.3 Å². The van der Waals surface area contributed by atoms with Crippen molar-refractivity contribution in [1.82, 2.24) is 4.72 Å². The molecule has 0 aliphatic carbocycles. The molecule has 0 aliphatic heterocycles. The van der Waals surface area contributed by atoms with Crippen LogP contribution < -0.4 is 4.72 Å². The quantitative estimate of drug-likeness (QED) is 0.629. The fourth-order valence-electron chi connectivity index (χ4n) is 1.39. The van der Waals surface area contributed by atoms with Crippen LogP contribution >= 0.6 is 15.9 Å². The first-order valence-electron chi connectivity index (χ1n) is 5.26. The molecule has 19 heavy (non-hydrogen) atoms. The molecule has 0 spiro atoms. The number of carboxylic acids is 1. The van der Waals surface area contributed by atoms with Crippen LogP contribution in [0.5, 0.6) is 0 Å². The largest absolute Gasteiger partial charge is 0.478 e. The predicted octanol–water partition coefficient (Wildman–Crippen LogP) is 1.76. The monoisotopic (exact) mass is 345 g/mol. The van der Waals surface area contributed by atoms with Crippen molar-refractivity contribution in [3.63, 3.8) is 0 Å². The number of halogens is 1. The van der Waals surface area contributed by atoms with Gasteiger partial charge in [0.2, 0.25) is 10.0 Å². The number of terminal acetylenes is 1. The molecule has 7 heteroatoms. The Morgan fingerprint density at radius 2 is 2.16 bits per heavy atom. The lowest BCUT2D eigenvalue weighted by Crippen LogP contribution is -2.25. The summed E-state index contributed by atoms with van der Waals surface area (Å²) in [5, 5.41) is 8.95. The minimum atomic E-state index is -3.80. The first kappa shape index (κ1) is 15.7. The molecule has 0 unspecified atom stereocenters. The lowest BCUT2D eigenvalue weighted by atomic mass is 10.1. The second-order valence-electron chi connectivity index (χ2n) is 3.76. The van der Waals surface area contributed by atoms with Crippen LogP contribution in [0.2, 0.25) is 0 Å². The summed E-state index contributed by atoms with van der Waals surface area (Å²) in [7, 11) is -3.80. The van der Waals surface area contributed by atoms with Crippen LogP contribution in [0.1, 0.15) is 22.3 Å². The Hall–Kier alpha value is -1.36. The van der Waals surface area contributed by atoms with Gasteiger partial charge in [-0.3, -0.25) is 0 Å². The van der Waals surface area contributed by atoms with Gasteiger partial charge in [-0.05, 0) is 40.5 Å². The van der Waals surface area contributed by atoms with Crippen LogP contribution in [-0.4, -0.2) is 26.0 Å². The molecular weight excluding hydrogens is 334 g/mol. The molecule has 0 fully saturated rings. The number of aromatic carboxylic acids is 1. The number of carboxylic acid groups (broad SMARTS) is 1. The molecule has 0 aliphatic rings. The maximum Gasteiger partial charge on any atom is 0.335 e. The van der Waals surface area contributed by atoms with Gasteiger partial charge in [0.25, 0.3) is 0 Å². The number of nitrogens with one attached hydrogen (secondary N) is 1. The van der Waals surface area contributed by atoms with E-state index < -0.39 is 16.0 Å². The first-order valence-corrected chi connectivity index (χ1v) is 7.53. The number of sulfonamides is 1. The van der Waals surface area contributed by atoms with Crippen LogP contribution in [0.15, 0.2) is 21.5 Å². The third kappa shape index (κ3) is 3.80. The van der Waals surface area contributed by atoms with Crippen molar-refractivity contribution >= 4 is 31.9 Å². The van der Waals surface area contributed by atoms with Gasteiger partial charge in [0.15, 0.2) is 0 Å². The molecule has 5 nitrogen and oxygen atoms in total. The van der Waals surface area contributed by atoms with Gasteiger partial charge in [-0.2, -0.15) is 0 Å². The molecule has 0 saturated carbocycles. The predicted molar refractivity (Wildman–Crippen MR) is 74.5 cm³/mol. The van der Waals surface area contributed by atoms with E-state index >= 15 is 0 Å². The number of hydrogen-bond acceptors (Lipinski definition) is 3. The van der Waals surface area contributed by atoms with Gasteiger partial charge in [0.1, 0.15) is 0 Å². The van der Waals surface area contributed by atoms with Gasteiger partial charge >= 0.3 is 5.97 Å². The molecular formula is C12H12BrNO4S. The van der Waals surface area contributed by atoms with Gasteiger partial charge in [-0.15, -0.1) is 12.3 Å². The maximum atomic E-state index is 12.1. The standard InChI is InChI=1S/C12H12BrNO4S/c1-3-4-5-14-19(17,18)10-7-9(12(15)16)6-8(2)11(10)13/h1,6-7,14H,4-5H2,2H3,(H,15,16). The maximum absolute atomic E-state index is 12.1. The van der Waals surface area contributed by atoms with E-state index in [-0.39, 0.29) is 23.4 Å². The Bertz CT molecular complexity index is 646. The van der Waals surface area contributed by atoms with Crippen molar-refractivity contribution in [1.29, 1.82) is 0 Å². The molecule has 1 aromatic rings. The Labute approximate surface area is 120 Å². The number of carbonyl (C=O) groups is 1. The minimum absolute atomic E-state index is 0.0852. The first-order chi connectivity index (χ1) is 8.79. The van der Waals surface area contributed by atoms with Gasteiger partial charge in [0, 0.05) is 17.4 Å². The molecule has 0 radical (unpaired) electrons. The van der Waals surface area contributed by atoms with E-state index in [9.17, 15) is 13.2 Å². The van der Waals surface area contributed by atoms with Gasteiger partial charge < -0.3 is 5.11 Å². The van der Waals surface area contributed by atoms with E-state index in [0.29, 0.717) is 10.0 Å². The Morgan fingerprint density at radius 3 is 2.68 bits per heavy atom. The van der Waals surface area contributed by atoms with E-state index in [4.69, 9.17) is 11.5 Å². The SMILES string of the molecule is C#CCCNS(=O)(=O)c1cc(C(=O)O)cc(C)c1Br. The summed E-state index contributed by atoms with van der Waals surface area (Å²) >= 11 is 3.16. The average Bonchev–Trinajstić information content (AvgIpc) is 2.32. The van der Waals surface area contributed by atoms with E-state index in [1.807, 2.05) is 0 Å². The topological polar surface area (TPSA) is 83.5 Å². The zero-order valence-corrected chi connectivity index (χ0v) is 12.5. The molecule has 0 aromatic heterocycles. The Kier molecular flexibility index (Phi) is 5.11. The van der Waals surface area contributed by atoms with Gasteiger partial charge in [-0.1, -0.05) is 0 Å². The second-order valence-corrected chi connectivity index (χ2v) is 6.29. The summed E-state index contributed by atoms with van der Waals surface area (Å²) in [6.07, 6.45) is 5.30. The van der Waals surface area contributed by atoms with Crippen molar-refractivity contribution in [2.75, 3.05) is 6.54 Å². The minimum Gasteiger partial charge on any atom is -0.478 e. The summed E-state index contributed by atoms with van der Waals surface area (Å²) in [4.78, 5) is 10.8. The second kappa shape index (κ2) is 6.19. The van der Waals surface area contributed by atoms with Crippen LogP contribution in [0.25, 0.3) is 0 Å². The van der Waals surface area contributed by atoms with E-state index in [0.717, 1.165) is 6.07 Å². The normalized spacial score (nSPS) is 11.0. The molecule has 0 atom stereocenters. The average molecular weight is 346 g/mol. The molecule has 0 heterocycles. The van der Waals surface area contributed by atoms with Crippen LogP contribution in [0.4, 0.5) is 0 Å². The van der Waals surface area contributed by atoms with E-state index in [1.165, 1.54) is 6.07 Å². The molecule has 2 N–H and O–H groups in total. The molecule has 1 aromatic carbocycles. The fourth-order valence-corrected chi connectivity index (χ4v) is 3.47. The lowest BCUT2D eigenvalue weighted by molar-refractivity contribution is 0.0696. The van der Waals surface area contributed by atoms with Gasteiger partial charge in [-0.25, -0.2) is 17.9 Å². The fraction of sp³-hybridized carbons (Fsp3) is 0.250. The molecule has 0 bridgehead atoms. The van der Waals surface area contributed by atoms with Gasteiger partial charge in [0.05, 0.1) is 10.5 Å². The third-order valence-corrected chi connectivity index (χ3v) is 5.12. The zero-order valence-electron chi connectivity index (χ0n) is 10.1. The number of hydrogen-bond donors (Lipinski definition) is 2. The van der Waals surface area contributed by atoms with Crippen molar-refractivity contribution in [2.45, 2.75) is 18.2 Å². The molecule has 1 rings (SSSR count). The summed E-state index contributed by atoms with van der Waals surface area (Å²) in [6.45, 7) is 1.72. The van der Waals surface area contributed by atoms with E-state index in [2.05, 4.69) is 26.6 Å². The smallest absolute Gasteiger partial charge is 0.335 e. The molecule has 0 saturated heterocycles. The highest BCUT2D eigenvalue weighted by Crippen LogP contribution is 2.27. The van der Waals surface area contributed by atoms with E-state index in [1.54, 1.807) is 6.92 Å². The van der Waals surface area contributed by atoms with Crippen LogP contribution in [0.3, 0.4) is 0 Å². The summed E-state index contributed by atoms with van der Waals surface area (Å²) in [5.74, 6) is 1.13. The highest BCUT2D eigenvalue weighted by atomic mass is 79.9. The molecule has 102 valence electrons. The zero-order chi connectivity index (χ0) is 14.6. The van der Waals surface area contributed by atoms with Crippen molar-refractivity contribution in [3.8, 4) is 12.3 Å².